The molecule has 0 atom stereocenters. The second-order valence-corrected chi connectivity index (χ2v) is 5.68. The molecule has 2 heterocycles. The summed E-state index contributed by atoms with van der Waals surface area (Å²) in [5, 5.41) is 3.51. The Bertz CT molecular complexity index is 744. The number of aromatic nitrogens is 1. The number of benzene rings is 1. The molecule has 0 aliphatic heterocycles. The minimum Gasteiger partial charge on any atom is -0.383 e. The fourth-order valence-corrected chi connectivity index (χ4v) is 3.27. The number of thiophene rings is 1. The summed E-state index contributed by atoms with van der Waals surface area (Å²) < 4.78 is 1.32. The van der Waals surface area contributed by atoms with Crippen LogP contribution in [0.5, 0.6) is 0 Å². The largest absolute Gasteiger partial charge is 0.383 e. The maximum absolute atomic E-state index is 5.88. The zero-order chi connectivity index (χ0) is 13.4. The maximum Gasteiger partial charge on any atom is 0.126 e. The van der Waals surface area contributed by atoms with Crippen LogP contribution in [0.4, 0.5) is 5.82 Å². The average molecular weight is 268 g/mol. The summed E-state index contributed by atoms with van der Waals surface area (Å²) in [6.45, 7) is 4.23. The van der Waals surface area contributed by atoms with Gasteiger partial charge in [-0.3, -0.25) is 0 Å². The molecule has 2 nitrogen and oxygen atoms in total. The molecule has 0 saturated heterocycles. The van der Waals surface area contributed by atoms with Crippen LogP contribution in [0.1, 0.15) is 18.1 Å². The number of anilines is 1. The second kappa shape index (κ2) is 4.67. The second-order valence-electron chi connectivity index (χ2n) is 4.77. The Hall–Kier alpha value is -1.87. The molecular formula is C16H16N2S. The van der Waals surface area contributed by atoms with Crippen LogP contribution in [-0.4, -0.2) is 4.98 Å². The number of nitrogens with zero attached hydrogens (tertiary/aromatic N) is 1. The van der Waals surface area contributed by atoms with Crippen molar-refractivity contribution in [2.24, 2.45) is 0 Å². The van der Waals surface area contributed by atoms with Gasteiger partial charge in [-0.1, -0.05) is 18.6 Å². The summed E-state index contributed by atoms with van der Waals surface area (Å²) >= 11 is 1.78. The van der Waals surface area contributed by atoms with Crippen LogP contribution in [0.2, 0.25) is 0 Å². The Kier molecular flexibility index (Phi) is 2.99. The number of nitrogens with two attached hydrogens (primary N) is 1. The minimum absolute atomic E-state index is 0.641. The average Bonchev–Trinajstić information content (AvgIpc) is 2.82. The van der Waals surface area contributed by atoms with Crippen LogP contribution in [-0.2, 0) is 6.42 Å². The lowest BCUT2D eigenvalue weighted by molar-refractivity contribution is 1.11. The van der Waals surface area contributed by atoms with Gasteiger partial charge in [-0.15, -0.1) is 11.3 Å². The van der Waals surface area contributed by atoms with E-state index in [0.29, 0.717) is 5.82 Å². The van der Waals surface area contributed by atoms with Crippen molar-refractivity contribution in [3.8, 4) is 11.1 Å². The Morgan fingerprint density at radius 1 is 1.26 bits per heavy atom. The van der Waals surface area contributed by atoms with Crippen molar-refractivity contribution in [1.82, 2.24) is 4.98 Å². The van der Waals surface area contributed by atoms with E-state index >= 15 is 0 Å². The molecule has 3 aromatic rings. The molecule has 0 bridgehead atoms. The third-order valence-corrected chi connectivity index (χ3v) is 4.39. The monoisotopic (exact) mass is 268 g/mol. The molecular weight excluding hydrogens is 252 g/mol. The first-order valence-corrected chi connectivity index (χ1v) is 7.29. The van der Waals surface area contributed by atoms with Gasteiger partial charge in [-0.2, -0.15) is 0 Å². The molecule has 0 spiro atoms. The predicted octanol–water partition coefficient (Wildman–Crippen LogP) is 4.42. The lowest BCUT2D eigenvalue weighted by Crippen LogP contribution is -1.96. The molecule has 0 saturated carbocycles. The lowest BCUT2D eigenvalue weighted by atomic mass is 10.0. The fourth-order valence-electron chi connectivity index (χ4n) is 2.32. The number of hydrogen-bond acceptors (Lipinski definition) is 3. The molecule has 2 N–H and O–H groups in total. The fraction of sp³-hybridized carbons (Fsp3) is 0.188. The van der Waals surface area contributed by atoms with Gasteiger partial charge in [-0.05, 0) is 42.5 Å². The highest BCUT2D eigenvalue weighted by molar-refractivity contribution is 7.17. The van der Waals surface area contributed by atoms with Crippen molar-refractivity contribution >= 4 is 27.2 Å². The van der Waals surface area contributed by atoms with Gasteiger partial charge in [0, 0.05) is 27.4 Å². The Morgan fingerprint density at radius 3 is 2.89 bits per heavy atom. The molecule has 0 unspecified atom stereocenters. The van der Waals surface area contributed by atoms with E-state index in [-0.39, 0.29) is 0 Å². The van der Waals surface area contributed by atoms with Crippen LogP contribution >= 0.6 is 11.3 Å². The summed E-state index contributed by atoms with van der Waals surface area (Å²) in [5.74, 6) is 0.641. The number of rotatable bonds is 2. The molecule has 0 aliphatic rings. The first-order chi connectivity index (χ1) is 9.19. The molecule has 0 aliphatic carbocycles. The van der Waals surface area contributed by atoms with E-state index in [9.17, 15) is 0 Å². The third kappa shape index (κ3) is 2.10. The van der Waals surface area contributed by atoms with Crippen LogP contribution < -0.4 is 5.73 Å². The highest BCUT2D eigenvalue weighted by atomic mass is 32.1. The topological polar surface area (TPSA) is 38.9 Å². The highest BCUT2D eigenvalue weighted by Crippen LogP contribution is 2.35. The quantitative estimate of drug-likeness (QED) is 0.747. The Balaban J connectivity index is 2.21. The molecule has 0 amide bonds. The zero-order valence-electron chi connectivity index (χ0n) is 11.1. The van der Waals surface area contributed by atoms with E-state index in [1.165, 1.54) is 21.2 Å². The van der Waals surface area contributed by atoms with Crippen molar-refractivity contribution in [3.05, 3.63) is 47.0 Å². The van der Waals surface area contributed by atoms with Crippen molar-refractivity contribution < 1.29 is 0 Å². The molecule has 19 heavy (non-hydrogen) atoms. The minimum atomic E-state index is 0.641. The molecule has 3 rings (SSSR count). The van der Waals surface area contributed by atoms with Crippen LogP contribution in [0.3, 0.4) is 0 Å². The van der Waals surface area contributed by atoms with Crippen molar-refractivity contribution in [1.29, 1.82) is 0 Å². The van der Waals surface area contributed by atoms with Crippen molar-refractivity contribution in [2.75, 3.05) is 5.73 Å². The predicted molar refractivity (Wildman–Crippen MR) is 83.6 cm³/mol. The Labute approximate surface area is 116 Å². The summed E-state index contributed by atoms with van der Waals surface area (Å²) in [6.07, 6.45) is 2.78. The van der Waals surface area contributed by atoms with Gasteiger partial charge in [0.05, 0.1) is 0 Å². The van der Waals surface area contributed by atoms with E-state index in [1.807, 2.05) is 6.20 Å². The maximum atomic E-state index is 5.88. The summed E-state index contributed by atoms with van der Waals surface area (Å²) in [6, 6.07) is 8.74. The summed E-state index contributed by atoms with van der Waals surface area (Å²) in [7, 11) is 0. The van der Waals surface area contributed by atoms with Gasteiger partial charge in [0.1, 0.15) is 5.82 Å². The van der Waals surface area contributed by atoms with E-state index in [1.54, 1.807) is 11.3 Å². The third-order valence-electron chi connectivity index (χ3n) is 3.42. The smallest absolute Gasteiger partial charge is 0.126 e. The molecule has 2 aromatic heterocycles. The van der Waals surface area contributed by atoms with E-state index < -0.39 is 0 Å². The zero-order valence-corrected chi connectivity index (χ0v) is 11.9. The number of nitrogen functional groups attached to an aromatic ring is 1. The van der Waals surface area contributed by atoms with Gasteiger partial charge < -0.3 is 5.73 Å². The van der Waals surface area contributed by atoms with Gasteiger partial charge in [0.15, 0.2) is 0 Å². The Morgan fingerprint density at radius 2 is 2.11 bits per heavy atom. The molecule has 1 aromatic carbocycles. The SMILES string of the molecule is CCc1cc(-c2csc3ccc(C)cc23)cnc1N. The number of aryl methyl sites for hydroxylation is 2. The summed E-state index contributed by atoms with van der Waals surface area (Å²) in [5.41, 5.74) is 10.7. The van der Waals surface area contributed by atoms with E-state index in [0.717, 1.165) is 17.5 Å². The molecule has 96 valence electrons. The van der Waals surface area contributed by atoms with Gasteiger partial charge in [0.2, 0.25) is 0 Å². The van der Waals surface area contributed by atoms with Crippen molar-refractivity contribution in [3.63, 3.8) is 0 Å². The van der Waals surface area contributed by atoms with Crippen LogP contribution in [0.15, 0.2) is 35.8 Å². The van der Waals surface area contributed by atoms with E-state index in [4.69, 9.17) is 5.73 Å². The van der Waals surface area contributed by atoms with Gasteiger partial charge in [-0.25, -0.2) is 4.98 Å². The van der Waals surface area contributed by atoms with E-state index in [2.05, 4.69) is 48.5 Å². The number of fused-ring (bicyclic) bond motifs is 1. The number of hydrogen-bond donors (Lipinski definition) is 1. The standard InChI is InChI=1S/C16H16N2S/c1-3-11-7-12(8-18-16(11)17)14-9-19-15-5-4-10(2)6-13(14)15/h4-9H,3H2,1-2H3,(H2,17,18). The van der Waals surface area contributed by atoms with Gasteiger partial charge >= 0.3 is 0 Å². The molecule has 3 heteroatoms. The normalized spacial score (nSPS) is 11.1. The van der Waals surface area contributed by atoms with Gasteiger partial charge in [0.25, 0.3) is 0 Å². The first-order valence-electron chi connectivity index (χ1n) is 6.41. The number of pyridine rings is 1. The molecule has 0 fully saturated rings. The van der Waals surface area contributed by atoms with Crippen LogP contribution in [0, 0.1) is 6.92 Å². The lowest BCUT2D eigenvalue weighted by Gasteiger charge is -2.06. The molecule has 0 radical (unpaired) electrons. The highest BCUT2D eigenvalue weighted by Gasteiger charge is 2.09. The van der Waals surface area contributed by atoms with Crippen LogP contribution in [0.25, 0.3) is 21.2 Å². The first kappa shape index (κ1) is 12.2. The summed E-state index contributed by atoms with van der Waals surface area (Å²) in [4.78, 5) is 4.32. The van der Waals surface area contributed by atoms with Crippen molar-refractivity contribution in [2.45, 2.75) is 20.3 Å².